The van der Waals surface area contributed by atoms with Gasteiger partial charge in [-0.15, -0.1) is 0 Å². The van der Waals surface area contributed by atoms with E-state index in [4.69, 9.17) is 4.74 Å². The number of pyridine rings is 1. The van der Waals surface area contributed by atoms with Crippen LogP contribution in [0.25, 0.3) is 10.9 Å². The Balaban J connectivity index is 1.64. The topological polar surface area (TPSA) is 74.4 Å². The van der Waals surface area contributed by atoms with Gasteiger partial charge in [-0.25, -0.2) is 0 Å². The van der Waals surface area contributed by atoms with Gasteiger partial charge in [-0.3, -0.25) is 14.5 Å². The summed E-state index contributed by atoms with van der Waals surface area (Å²) in [5.74, 6) is -0.0228. The Morgan fingerprint density at radius 1 is 1.42 bits per heavy atom. The molecule has 2 N–H and O–H groups in total. The molecule has 0 aliphatic carbocycles. The van der Waals surface area contributed by atoms with Crippen LogP contribution in [0.3, 0.4) is 0 Å². The minimum absolute atomic E-state index is 0.0228. The van der Waals surface area contributed by atoms with Crippen LogP contribution in [0.4, 0.5) is 0 Å². The Kier molecular flexibility index (Phi) is 5.27. The van der Waals surface area contributed by atoms with E-state index in [1.807, 2.05) is 30.3 Å². The lowest BCUT2D eigenvalue weighted by molar-refractivity contribution is -0.119. The molecule has 128 valence electrons. The van der Waals surface area contributed by atoms with Crippen LogP contribution >= 0.6 is 0 Å². The Hall–Kier alpha value is -2.18. The van der Waals surface area contributed by atoms with Crippen molar-refractivity contribution >= 4 is 16.8 Å². The van der Waals surface area contributed by atoms with E-state index in [2.05, 4.69) is 15.2 Å². The van der Waals surface area contributed by atoms with Crippen LogP contribution in [-0.4, -0.2) is 48.1 Å². The summed E-state index contributed by atoms with van der Waals surface area (Å²) >= 11 is 0. The number of carbonyl (C=O) groups excluding carboxylic acids is 1. The van der Waals surface area contributed by atoms with Crippen LogP contribution in [0.1, 0.15) is 18.9 Å². The number of carbonyl (C=O) groups is 1. The van der Waals surface area contributed by atoms with Crippen molar-refractivity contribution < 1.29 is 9.53 Å². The van der Waals surface area contributed by atoms with E-state index in [0.717, 1.165) is 36.0 Å². The second-order valence-corrected chi connectivity index (χ2v) is 6.21. The Morgan fingerprint density at radius 3 is 3.08 bits per heavy atom. The fourth-order valence-corrected chi connectivity index (χ4v) is 3.06. The number of aromatic amines is 1. The molecule has 0 spiro atoms. The minimum Gasteiger partial charge on any atom is -0.375 e. The molecule has 1 fully saturated rings. The van der Waals surface area contributed by atoms with Crippen molar-refractivity contribution in [3.05, 3.63) is 46.2 Å². The molecule has 3 rings (SSSR count). The van der Waals surface area contributed by atoms with Crippen LogP contribution in [0, 0.1) is 0 Å². The van der Waals surface area contributed by atoms with Gasteiger partial charge in [0.1, 0.15) is 0 Å². The first-order chi connectivity index (χ1) is 11.6. The van der Waals surface area contributed by atoms with E-state index in [1.165, 1.54) is 6.92 Å². The zero-order valence-corrected chi connectivity index (χ0v) is 13.9. The molecule has 24 heavy (non-hydrogen) atoms. The summed E-state index contributed by atoms with van der Waals surface area (Å²) in [5.41, 5.74) is 1.60. The van der Waals surface area contributed by atoms with Crippen LogP contribution in [-0.2, 0) is 16.1 Å². The van der Waals surface area contributed by atoms with E-state index < -0.39 is 0 Å². The SMILES string of the molecule is CC(=O)NCCC1CN(Cc2cc3ccccc3[nH]c2=O)CCO1. The van der Waals surface area contributed by atoms with Gasteiger partial charge in [0, 0.05) is 44.2 Å². The highest BCUT2D eigenvalue weighted by Gasteiger charge is 2.21. The molecule has 1 aromatic carbocycles. The molecule has 1 aromatic heterocycles. The lowest BCUT2D eigenvalue weighted by atomic mass is 10.1. The van der Waals surface area contributed by atoms with Crippen LogP contribution in [0.2, 0.25) is 0 Å². The zero-order valence-electron chi connectivity index (χ0n) is 13.9. The highest BCUT2D eigenvalue weighted by Crippen LogP contribution is 2.14. The third kappa shape index (κ3) is 4.21. The van der Waals surface area contributed by atoms with E-state index in [0.29, 0.717) is 19.7 Å². The number of hydrogen-bond donors (Lipinski definition) is 2. The quantitative estimate of drug-likeness (QED) is 0.866. The predicted molar refractivity (Wildman–Crippen MR) is 92.9 cm³/mol. The van der Waals surface area contributed by atoms with Gasteiger partial charge in [-0.2, -0.15) is 0 Å². The van der Waals surface area contributed by atoms with Crippen LogP contribution < -0.4 is 10.9 Å². The summed E-state index contributed by atoms with van der Waals surface area (Å²) in [7, 11) is 0. The predicted octanol–water partition coefficient (Wildman–Crippen LogP) is 1.26. The molecule has 1 amide bonds. The fraction of sp³-hybridized carbons (Fsp3) is 0.444. The van der Waals surface area contributed by atoms with Crippen molar-refractivity contribution in [3.8, 4) is 0 Å². The average molecular weight is 329 g/mol. The van der Waals surface area contributed by atoms with E-state index in [1.54, 1.807) is 0 Å². The van der Waals surface area contributed by atoms with Gasteiger partial charge in [-0.1, -0.05) is 18.2 Å². The number of hydrogen-bond acceptors (Lipinski definition) is 4. The summed E-state index contributed by atoms with van der Waals surface area (Å²) in [5, 5.41) is 3.84. The molecular weight excluding hydrogens is 306 g/mol. The smallest absolute Gasteiger partial charge is 0.252 e. The normalized spacial score (nSPS) is 18.6. The van der Waals surface area contributed by atoms with Crippen molar-refractivity contribution in [2.75, 3.05) is 26.2 Å². The van der Waals surface area contributed by atoms with Crippen molar-refractivity contribution in [2.45, 2.75) is 26.0 Å². The molecule has 2 heterocycles. The van der Waals surface area contributed by atoms with E-state index in [9.17, 15) is 9.59 Å². The first-order valence-electron chi connectivity index (χ1n) is 8.31. The molecule has 6 heteroatoms. The van der Waals surface area contributed by atoms with Gasteiger partial charge in [0.05, 0.1) is 12.7 Å². The summed E-state index contributed by atoms with van der Waals surface area (Å²) < 4.78 is 5.75. The number of benzene rings is 1. The lowest BCUT2D eigenvalue weighted by Crippen LogP contribution is -2.43. The van der Waals surface area contributed by atoms with E-state index in [-0.39, 0.29) is 17.6 Å². The van der Waals surface area contributed by atoms with Crippen molar-refractivity contribution in [1.29, 1.82) is 0 Å². The summed E-state index contributed by atoms with van der Waals surface area (Å²) in [6.45, 7) is 4.97. The Labute approximate surface area is 140 Å². The highest BCUT2D eigenvalue weighted by atomic mass is 16.5. The third-order valence-electron chi connectivity index (χ3n) is 4.29. The van der Waals surface area contributed by atoms with Gasteiger partial charge < -0.3 is 15.0 Å². The van der Waals surface area contributed by atoms with Crippen LogP contribution in [0.5, 0.6) is 0 Å². The summed E-state index contributed by atoms with van der Waals surface area (Å²) in [4.78, 5) is 28.4. The maximum Gasteiger partial charge on any atom is 0.252 e. The number of ether oxygens (including phenoxy) is 1. The molecule has 1 unspecified atom stereocenters. The molecule has 1 saturated heterocycles. The third-order valence-corrected chi connectivity index (χ3v) is 4.29. The van der Waals surface area contributed by atoms with Gasteiger partial charge in [0.15, 0.2) is 0 Å². The molecule has 1 aliphatic rings. The monoisotopic (exact) mass is 329 g/mol. The first-order valence-corrected chi connectivity index (χ1v) is 8.31. The second-order valence-electron chi connectivity index (χ2n) is 6.21. The molecular formula is C18H23N3O3. The molecule has 6 nitrogen and oxygen atoms in total. The number of aromatic nitrogens is 1. The summed E-state index contributed by atoms with van der Waals surface area (Å²) in [6, 6.07) is 9.77. The Morgan fingerprint density at radius 2 is 2.25 bits per heavy atom. The van der Waals surface area contributed by atoms with Gasteiger partial charge >= 0.3 is 0 Å². The number of amides is 1. The highest BCUT2D eigenvalue weighted by molar-refractivity contribution is 5.78. The maximum absolute atomic E-state index is 12.3. The first kappa shape index (κ1) is 16.7. The summed E-state index contributed by atoms with van der Waals surface area (Å²) in [6.07, 6.45) is 0.870. The molecule has 0 radical (unpaired) electrons. The minimum atomic E-state index is -0.0324. The molecule has 2 aromatic rings. The van der Waals surface area contributed by atoms with Crippen molar-refractivity contribution in [2.24, 2.45) is 0 Å². The standard InChI is InChI=1S/C18H23N3O3/c1-13(22)19-7-6-16-12-21(8-9-24-16)11-15-10-14-4-2-3-5-17(14)20-18(15)23/h2-5,10,16H,6-9,11-12H2,1H3,(H,19,22)(H,20,23). The Bertz CT molecular complexity index is 771. The number of fused-ring (bicyclic) bond motifs is 1. The number of morpholine rings is 1. The largest absolute Gasteiger partial charge is 0.375 e. The van der Waals surface area contributed by atoms with Crippen molar-refractivity contribution in [1.82, 2.24) is 15.2 Å². The zero-order chi connectivity index (χ0) is 16.9. The number of H-pyrrole nitrogens is 1. The van der Waals surface area contributed by atoms with E-state index >= 15 is 0 Å². The molecule has 1 aliphatic heterocycles. The molecule has 1 atom stereocenters. The number of para-hydroxylation sites is 1. The van der Waals surface area contributed by atoms with Crippen LogP contribution in [0.15, 0.2) is 35.1 Å². The number of nitrogens with zero attached hydrogens (tertiary/aromatic N) is 1. The second kappa shape index (κ2) is 7.59. The van der Waals surface area contributed by atoms with Crippen molar-refractivity contribution in [3.63, 3.8) is 0 Å². The van der Waals surface area contributed by atoms with Gasteiger partial charge in [-0.05, 0) is 23.9 Å². The van der Waals surface area contributed by atoms with Gasteiger partial charge in [0.2, 0.25) is 5.91 Å². The average Bonchev–Trinajstić information content (AvgIpc) is 2.56. The maximum atomic E-state index is 12.3. The number of rotatable bonds is 5. The lowest BCUT2D eigenvalue weighted by Gasteiger charge is -2.32. The fourth-order valence-electron chi connectivity index (χ4n) is 3.06. The molecule has 0 saturated carbocycles. The number of nitrogens with one attached hydrogen (secondary N) is 2. The molecule has 0 bridgehead atoms. The van der Waals surface area contributed by atoms with Gasteiger partial charge in [0.25, 0.3) is 5.56 Å².